The second-order valence-corrected chi connectivity index (χ2v) is 8.40. The Morgan fingerprint density at radius 2 is 1.87 bits per heavy atom. The lowest BCUT2D eigenvalue weighted by Crippen LogP contribution is -2.10. The van der Waals surface area contributed by atoms with Gasteiger partial charge in [0.2, 0.25) is 0 Å². The molecule has 1 N–H and O–H groups in total. The first-order valence-corrected chi connectivity index (χ1v) is 11.1. The molecule has 6 nitrogen and oxygen atoms in total. The minimum atomic E-state index is -1.07. The summed E-state index contributed by atoms with van der Waals surface area (Å²) in [5.74, 6) is -0.147. The smallest absolute Gasteiger partial charge is 0.341 e. The van der Waals surface area contributed by atoms with Crippen molar-refractivity contribution in [3.63, 3.8) is 0 Å². The number of unbranched alkanes of at least 4 members (excludes halogenated alkanes) is 1. The van der Waals surface area contributed by atoms with Crippen LogP contribution in [0.25, 0.3) is 10.9 Å². The summed E-state index contributed by atoms with van der Waals surface area (Å²) in [6.07, 6.45) is 1.93. The average molecular weight is 509 g/mol. The van der Waals surface area contributed by atoms with Gasteiger partial charge in [-0.15, -0.1) is 0 Å². The van der Waals surface area contributed by atoms with Gasteiger partial charge in [0.1, 0.15) is 18.1 Å². The van der Waals surface area contributed by atoms with E-state index in [0.717, 1.165) is 30.6 Å². The summed E-state index contributed by atoms with van der Waals surface area (Å²) in [4.78, 5) is 23.6. The highest BCUT2D eigenvalue weighted by atomic mass is 79.9. The number of hydrogen-bond donors (Lipinski definition) is 1. The van der Waals surface area contributed by atoms with Crippen LogP contribution in [0.3, 0.4) is 0 Å². The fourth-order valence-corrected chi connectivity index (χ4v) is 4.02. The largest absolute Gasteiger partial charge is 0.487 e. The number of aromatic nitrogens is 1. The Labute approximate surface area is 193 Å². The number of halogens is 2. The standard InChI is InChI=1S/C23H23BrClNO5/c1-3-4-9-26-19-11-18(24)21(31-13-22(28)29)10-17(19)23(14(2)27)20(26)12-30-16-7-5-15(25)6-8-16/h5-8,10-11H,3-4,9,12-13H2,1-2H3,(H,28,29). The van der Waals surface area contributed by atoms with E-state index in [-0.39, 0.29) is 12.4 Å². The maximum Gasteiger partial charge on any atom is 0.341 e. The van der Waals surface area contributed by atoms with Gasteiger partial charge in [-0.05, 0) is 65.7 Å². The van der Waals surface area contributed by atoms with E-state index < -0.39 is 12.6 Å². The third-order valence-corrected chi connectivity index (χ3v) is 5.72. The van der Waals surface area contributed by atoms with Crippen molar-refractivity contribution in [3.05, 3.63) is 57.2 Å². The molecule has 0 fully saturated rings. The van der Waals surface area contributed by atoms with Gasteiger partial charge in [0, 0.05) is 22.5 Å². The summed E-state index contributed by atoms with van der Waals surface area (Å²) in [5.41, 5.74) is 2.18. The second-order valence-electron chi connectivity index (χ2n) is 7.11. The highest BCUT2D eigenvalue weighted by Gasteiger charge is 2.22. The lowest BCUT2D eigenvalue weighted by Gasteiger charge is -2.13. The number of carboxylic acids is 1. The first kappa shape index (κ1) is 23.2. The molecule has 8 heteroatoms. The molecule has 31 heavy (non-hydrogen) atoms. The number of rotatable bonds is 10. The Balaban J connectivity index is 2.10. The lowest BCUT2D eigenvalue weighted by atomic mass is 10.1. The molecule has 0 unspecified atom stereocenters. The van der Waals surface area contributed by atoms with E-state index in [0.29, 0.717) is 31.9 Å². The van der Waals surface area contributed by atoms with Crippen molar-refractivity contribution < 1.29 is 24.2 Å². The topological polar surface area (TPSA) is 77.8 Å². The van der Waals surface area contributed by atoms with Crippen molar-refractivity contribution in [2.75, 3.05) is 6.61 Å². The van der Waals surface area contributed by atoms with Gasteiger partial charge in [-0.1, -0.05) is 24.9 Å². The number of aliphatic carboxylic acids is 1. The molecular formula is C23H23BrClNO5. The van der Waals surface area contributed by atoms with E-state index in [2.05, 4.69) is 27.4 Å². The van der Waals surface area contributed by atoms with E-state index in [1.165, 1.54) is 6.92 Å². The third kappa shape index (κ3) is 5.40. The van der Waals surface area contributed by atoms with Crippen LogP contribution in [-0.2, 0) is 17.9 Å². The van der Waals surface area contributed by atoms with Crippen LogP contribution in [0, 0.1) is 0 Å². The van der Waals surface area contributed by atoms with E-state index in [1.54, 1.807) is 30.3 Å². The molecule has 0 atom stereocenters. The van der Waals surface area contributed by atoms with Gasteiger partial charge in [0.25, 0.3) is 0 Å². The number of carbonyl (C=O) groups is 2. The summed E-state index contributed by atoms with van der Waals surface area (Å²) < 4.78 is 14.1. The fraction of sp³-hybridized carbons (Fsp3) is 0.304. The molecule has 0 spiro atoms. The normalized spacial score (nSPS) is 11.0. The molecule has 1 aromatic heterocycles. The molecule has 0 saturated heterocycles. The molecule has 0 aliphatic heterocycles. The van der Waals surface area contributed by atoms with Gasteiger partial charge in [-0.2, -0.15) is 0 Å². The first-order valence-electron chi connectivity index (χ1n) is 9.90. The van der Waals surface area contributed by atoms with Gasteiger partial charge < -0.3 is 19.1 Å². The highest BCUT2D eigenvalue weighted by molar-refractivity contribution is 9.10. The van der Waals surface area contributed by atoms with Gasteiger partial charge in [-0.3, -0.25) is 4.79 Å². The van der Waals surface area contributed by atoms with Crippen molar-refractivity contribution in [1.29, 1.82) is 0 Å². The van der Waals surface area contributed by atoms with E-state index in [1.807, 2.05) is 6.07 Å². The second kappa shape index (κ2) is 10.2. The van der Waals surface area contributed by atoms with Crippen LogP contribution in [0.5, 0.6) is 11.5 Å². The zero-order valence-electron chi connectivity index (χ0n) is 17.3. The molecule has 0 amide bonds. The quantitative estimate of drug-likeness (QED) is 0.335. The maximum atomic E-state index is 12.7. The Kier molecular flexibility index (Phi) is 7.62. The lowest BCUT2D eigenvalue weighted by molar-refractivity contribution is -0.139. The summed E-state index contributed by atoms with van der Waals surface area (Å²) >= 11 is 9.41. The number of hydrogen-bond acceptors (Lipinski definition) is 4. The zero-order valence-corrected chi connectivity index (χ0v) is 19.6. The number of aryl methyl sites for hydroxylation is 1. The monoisotopic (exact) mass is 507 g/mol. The SMILES string of the molecule is CCCCn1c(COc2ccc(Cl)cc2)c(C(C)=O)c2cc(OCC(=O)O)c(Br)cc21. The van der Waals surface area contributed by atoms with E-state index in [4.69, 9.17) is 26.2 Å². The first-order chi connectivity index (χ1) is 14.8. The number of nitrogens with zero attached hydrogens (tertiary/aromatic N) is 1. The van der Waals surface area contributed by atoms with Crippen LogP contribution >= 0.6 is 27.5 Å². The molecule has 3 rings (SSSR count). The van der Waals surface area contributed by atoms with Crippen molar-refractivity contribution in [3.8, 4) is 11.5 Å². The summed E-state index contributed by atoms with van der Waals surface area (Å²) in [5, 5.41) is 10.3. The van der Waals surface area contributed by atoms with Crippen LogP contribution in [0.15, 0.2) is 40.9 Å². The fourth-order valence-electron chi connectivity index (χ4n) is 3.45. The third-order valence-electron chi connectivity index (χ3n) is 4.85. The molecule has 3 aromatic rings. The number of ketones is 1. The predicted molar refractivity (Wildman–Crippen MR) is 123 cm³/mol. The molecule has 1 heterocycles. The Hall–Kier alpha value is -2.51. The minimum absolute atomic E-state index is 0.0959. The van der Waals surface area contributed by atoms with Crippen molar-refractivity contribution in [1.82, 2.24) is 4.57 Å². The van der Waals surface area contributed by atoms with Gasteiger partial charge in [0.05, 0.1) is 15.7 Å². The predicted octanol–water partition coefficient (Wildman–Crippen LogP) is 6.10. The van der Waals surface area contributed by atoms with Crippen molar-refractivity contribution in [2.24, 2.45) is 0 Å². The molecule has 0 radical (unpaired) electrons. The number of carbonyl (C=O) groups excluding carboxylic acids is 1. The van der Waals surface area contributed by atoms with Crippen LogP contribution < -0.4 is 9.47 Å². The maximum absolute atomic E-state index is 12.7. The molecule has 0 saturated carbocycles. The number of benzene rings is 2. The van der Waals surface area contributed by atoms with E-state index in [9.17, 15) is 9.59 Å². The Morgan fingerprint density at radius 1 is 1.16 bits per heavy atom. The van der Waals surface area contributed by atoms with Crippen LogP contribution in [0.4, 0.5) is 0 Å². The van der Waals surface area contributed by atoms with Crippen LogP contribution in [0.2, 0.25) is 5.02 Å². The summed E-state index contributed by atoms with van der Waals surface area (Å²) in [6, 6.07) is 10.6. The molecular weight excluding hydrogens is 486 g/mol. The summed E-state index contributed by atoms with van der Waals surface area (Å²) in [6.45, 7) is 4.08. The van der Waals surface area contributed by atoms with Crippen LogP contribution in [-0.4, -0.2) is 28.0 Å². The Morgan fingerprint density at radius 3 is 2.48 bits per heavy atom. The molecule has 0 aliphatic rings. The van der Waals surface area contributed by atoms with Crippen molar-refractivity contribution in [2.45, 2.75) is 39.8 Å². The average Bonchev–Trinajstić information content (AvgIpc) is 3.02. The molecule has 0 bridgehead atoms. The minimum Gasteiger partial charge on any atom is -0.487 e. The Bertz CT molecular complexity index is 1110. The van der Waals surface area contributed by atoms with Crippen molar-refractivity contribution >= 4 is 50.2 Å². The molecule has 2 aromatic carbocycles. The highest BCUT2D eigenvalue weighted by Crippen LogP contribution is 2.36. The number of ether oxygens (including phenoxy) is 2. The molecule has 164 valence electrons. The van der Waals surface area contributed by atoms with Crippen LogP contribution in [0.1, 0.15) is 42.7 Å². The van der Waals surface area contributed by atoms with Gasteiger partial charge in [-0.25, -0.2) is 4.79 Å². The number of Topliss-reactive ketones (excluding diaryl/α,β-unsaturated/α-hetero) is 1. The summed E-state index contributed by atoms with van der Waals surface area (Å²) in [7, 11) is 0. The molecule has 0 aliphatic carbocycles. The zero-order chi connectivity index (χ0) is 22.5. The number of carboxylic acid groups (broad SMARTS) is 1. The van der Waals surface area contributed by atoms with Gasteiger partial charge in [0.15, 0.2) is 12.4 Å². The van der Waals surface area contributed by atoms with Gasteiger partial charge >= 0.3 is 5.97 Å². The number of fused-ring (bicyclic) bond motifs is 1. The van der Waals surface area contributed by atoms with E-state index >= 15 is 0 Å².